The van der Waals surface area contributed by atoms with Crippen molar-refractivity contribution in [2.24, 2.45) is 11.8 Å². The average Bonchev–Trinajstić information content (AvgIpc) is 2.33. The van der Waals surface area contributed by atoms with Gasteiger partial charge in [0.15, 0.2) is 0 Å². The Labute approximate surface area is 122 Å². The summed E-state index contributed by atoms with van der Waals surface area (Å²) >= 11 is 6.43. The van der Waals surface area contributed by atoms with Gasteiger partial charge in [0.05, 0.1) is 0 Å². The van der Waals surface area contributed by atoms with E-state index in [2.05, 4.69) is 38.2 Å². The van der Waals surface area contributed by atoms with E-state index in [9.17, 15) is 0 Å². The van der Waals surface area contributed by atoms with Crippen molar-refractivity contribution in [1.82, 2.24) is 5.32 Å². The van der Waals surface area contributed by atoms with Crippen LogP contribution in [0.25, 0.3) is 0 Å². The van der Waals surface area contributed by atoms with Crippen LogP contribution in [0.1, 0.15) is 45.6 Å². The fraction of sp³-hybridized carbons (Fsp3) is 0.647. The maximum atomic E-state index is 6.43. The van der Waals surface area contributed by atoms with Crippen LogP contribution >= 0.6 is 11.6 Å². The average molecular weight is 280 g/mol. The van der Waals surface area contributed by atoms with Crippen LogP contribution in [-0.2, 0) is 5.41 Å². The third-order valence-electron chi connectivity index (χ3n) is 4.58. The van der Waals surface area contributed by atoms with Crippen molar-refractivity contribution >= 4 is 11.6 Å². The van der Waals surface area contributed by atoms with E-state index >= 15 is 0 Å². The minimum absolute atomic E-state index is 0.266. The third kappa shape index (κ3) is 3.14. The largest absolute Gasteiger partial charge is 0.316 e. The minimum atomic E-state index is 0.266. The molecule has 19 heavy (non-hydrogen) atoms. The molecule has 1 aliphatic carbocycles. The SMILES string of the molecule is CCCNCC1(c2ccccc2Cl)CC(C(C)C)C1. The molecule has 2 heteroatoms. The van der Waals surface area contributed by atoms with Gasteiger partial charge in [0.2, 0.25) is 0 Å². The van der Waals surface area contributed by atoms with Gasteiger partial charge >= 0.3 is 0 Å². The maximum absolute atomic E-state index is 6.43. The zero-order valence-electron chi connectivity index (χ0n) is 12.4. The van der Waals surface area contributed by atoms with Crippen LogP contribution in [0.5, 0.6) is 0 Å². The molecule has 0 aromatic heterocycles. The molecule has 1 N–H and O–H groups in total. The monoisotopic (exact) mass is 279 g/mol. The van der Waals surface area contributed by atoms with Crippen LogP contribution in [-0.4, -0.2) is 13.1 Å². The molecule has 0 aliphatic heterocycles. The van der Waals surface area contributed by atoms with Gasteiger partial charge in [-0.3, -0.25) is 0 Å². The van der Waals surface area contributed by atoms with Gasteiger partial charge in [-0.15, -0.1) is 0 Å². The van der Waals surface area contributed by atoms with E-state index in [4.69, 9.17) is 11.6 Å². The summed E-state index contributed by atoms with van der Waals surface area (Å²) in [5.41, 5.74) is 1.61. The highest BCUT2D eigenvalue weighted by Crippen LogP contribution is 2.51. The summed E-state index contributed by atoms with van der Waals surface area (Å²) in [4.78, 5) is 0. The second-order valence-corrected chi connectivity index (χ2v) is 6.76. The van der Waals surface area contributed by atoms with Crippen molar-refractivity contribution in [2.75, 3.05) is 13.1 Å². The van der Waals surface area contributed by atoms with Gasteiger partial charge in [-0.2, -0.15) is 0 Å². The van der Waals surface area contributed by atoms with Gasteiger partial charge in [0.25, 0.3) is 0 Å². The van der Waals surface area contributed by atoms with E-state index in [1.165, 1.54) is 24.8 Å². The molecule has 0 spiro atoms. The summed E-state index contributed by atoms with van der Waals surface area (Å²) < 4.78 is 0. The van der Waals surface area contributed by atoms with Crippen LogP contribution in [0.2, 0.25) is 5.02 Å². The fourth-order valence-corrected chi connectivity index (χ4v) is 3.61. The second kappa shape index (κ2) is 6.28. The molecule has 1 saturated carbocycles. The van der Waals surface area contributed by atoms with Crippen molar-refractivity contribution in [1.29, 1.82) is 0 Å². The molecule has 1 nitrogen and oxygen atoms in total. The van der Waals surface area contributed by atoms with Crippen LogP contribution in [0, 0.1) is 11.8 Å². The Balaban J connectivity index is 2.15. The quantitative estimate of drug-likeness (QED) is 0.748. The lowest BCUT2D eigenvalue weighted by atomic mass is 9.56. The Kier molecular flexibility index (Phi) is 4.92. The Hall–Kier alpha value is -0.530. The molecule has 2 rings (SSSR count). The Morgan fingerprint density at radius 3 is 2.58 bits per heavy atom. The van der Waals surface area contributed by atoms with Crippen molar-refractivity contribution in [2.45, 2.75) is 45.4 Å². The van der Waals surface area contributed by atoms with Crippen molar-refractivity contribution in [3.63, 3.8) is 0 Å². The van der Waals surface area contributed by atoms with E-state index in [0.29, 0.717) is 0 Å². The van der Waals surface area contributed by atoms with Crippen molar-refractivity contribution < 1.29 is 0 Å². The zero-order chi connectivity index (χ0) is 13.9. The Bertz CT molecular complexity index is 407. The van der Waals surface area contributed by atoms with Crippen LogP contribution < -0.4 is 5.32 Å². The summed E-state index contributed by atoms with van der Waals surface area (Å²) in [6.07, 6.45) is 3.72. The first-order chi connectivity index (χ1) is 9.09. The van der Waals surface area contributed by atoms with Crippen LogP contribution in [0.15, 0.2) is 24.3 Å². The predicted molar refractivity (Wildman–Crippen MR) is 83.9 cm³/mol. The number of nitrogens with one attached hydrogen (secondary N) is 1. The van der Waals surface area contributed by atoms with Crippen LogP contribution in [0.3, 0.4) is 0 Å². The fourth-order valence-electron chi connectivity index (χ4n) is 3.27. The van der Waals surface area contributed by atoms with E-state index in [-0.39, 0.29) is 5.41 Å². The highest BCUT2D eigenvalue weighted by molar-refractivity contribution is 6.31. The molecule has 1 fully saturated rings. The van der Waals surface area contributed by atoms with Crippen molar-refractivity contribution in [3.8, 4) is 0 Å². The first-order valence-corrected chi connectivity index (χ1v) is 7.92. The van der Waals surface area contributed by atoms with Gasteiger partial charge in [-0.05, 0) is 49.3 Å². The van der Waals surface area contributed by atoms with Gasteiger partial charge < -0.3 is 5.32 Å². The normalized spacial score (nSPS) is 26.5. The van der Waals surface area contributed by atoms with Gasteiger partial charge in [0.1, 0.15) is 0 Å². The maximum Gasteiger partial charge on any atom is 0.0444 e. The second-order valence-electron chi connectivity index (χ2n) is 6.35. The molecular weight excluding hydrogens is 254 g/mol. The van der Waals surface area contributed by atoms with Crippen molar-refractivity contribution in [3.05, 3.63) is 34.9 Å². The molecule has 106 valence electrons. The Morgan fingerprint density at radius 1 is 1.32 bits per heavy atom. The summed E-state index contributed by atoms with van der Waals surface area (Å²) in [7, 11) is 0. The number of rotatable bonds is 6. The van der Waals surface area contributed by atoms with E-state index in [1.807, 2.05) is 12.1 Å². The zero-order valence-corrected chi connectivity index (χ0v) is 13.1. The first-order valence-electron chi connectivity index (χ1n) is 7.55. The Morgan fingerprint density at radius 2 is 2.00 bits per heavy atom. The molecule has 0 heterocycles. The topological polar surface area (TPSA) is 12.0 Å². The minimum Gasteiger partial charge on any atom is -0.316 e. The molecule has 0 saturated heterocycles. The molecule has 1 aliphatic rings. The predicted octanol–water partition coefficient (Wildman–Crippen LogP) is 4.64. The molecule has 0 bridgehead atoms. The number of halogens is 1. The lowest BCUT2D eigenvalue weighted by molar-refractivity contribution is 0.0979. The standard InChI is InChI=1S/C17H26ClN/c1-4-9-19-12-17(10-14(11-17)13(2)3)15-7-5-6-8-16(15)18/h5-8,13-14,19H,4,9-12H2,1-3H3. The highest BCUT2D eigenvalue weighted by Gasteiger charge is 2.46. The first kappa shape index (κ1) is 14.9. The molecule has 0 amide bonds. The number of benzene rings is 1. The number of hydrogen-bond donors (Lipinski definition) is 1. The molecule has 0 unspecified atom stereocenters. The number of hydrogen-bond acceptors (Lipinski definition) is 1. The van der Waals surface area contributed by atoms with E-state index in [1.54, 1.807) is 0 Å². The summed E-state index contributed by atoms with van der Waals surface area (Å²) in [5, 5.41) is 4.54. The lowest BCUT2D eigenvalue weighted by Crippen LogP contribution is -2.50. The van der Waals surface area contributed by atoms with Gasteiger partial charge in [-0.25, -0.2) is 0 Å². The molecule has 1 aromatic rings. The van der Waals surface area contributed by atoms with E-state index in [0.717, 1.165) is 29.9 Å². The third-order valence-corrected chi connectivity index (χ3v) is 4.91. The molecule has 1 aromatic carbocycles. The molecule has 0 radical (unpaired) electrons. The van der Waals surface area contributed by atoms with Gasteiger partial charge in [-0.1, -0.05) is 50.6 Å². The lowest BCUT2D eigenvalue weighted by Gasteiger charge is -2.50. The van der Waals surface area contributed by atoms with E-state index < -0.39 is 0 Å². The smallest absolute Gasteiger partial charge is 0.0444 e. The highest BCUT2D eigenvalue weighted by atomic mass is 35.5. The molecular formula is C17H26ClN. The van der Waals surface area contributed by atoms with Crippen LogP contribution in [0.4, 0.5) is 0 Å². The summed E-state index contributed by atoms with van der Waals surface area (Å²) in [5.74, 6) is 1.63. The molecule has 0 atom stereocenters. The summed E-state index contributed by atoms with van der Waals surface area (Å²) in [6.45, 7) is 9.04. The summed E-state index contributed by atoms with van der Waals surface area (Å²) in [6, 6.07) is 8.39. The van der Waals surface area contributed by atoms with Gasteiger partial charge in [0, 0.05) is 17.0 Å².